The number of carbonyl (C=O) groups is 1. The van der Waals surface area contributed by atoms with Gasteiger partial charge in [0, 0.05) is 28.7 Å². The van der Waals surface area contributed by atoms with Gasteiger partial charge >= 0.3 is 0 Å². The Bertz CT molecular complexity index is 1470. The molecule has 0 atom stereocenters. The Kier molecular flexibility index (Phi) is 5.81. The number of benzene rings is 2. The van der Waals surface area contributed by atoms with Gasteiger partial charge in [-0.15, -0.1) is 0 Å². The van der Waals surface area contributed by atoms with Gasteiger partial charge in [0.15, 0.2) is 5.65 Å². The summed E-state index contributed by atoms with van der Waals surface area (Å²) in [6.07, 6.45) is 1.54. The molecule has 0 radical (unpaired) electrons. The van der Waals surface area contributed by atoms with Crippen LogP contribution in [0.4, 0.5) is 11.4 Å². The summed E-state index contributed by atoms with van der Waals surface area (Å²) < 4.78 is 29.6. The second kappa shape index (κ2) is 8.42. The highest BCUT2D eigenvalue weighted by Crippen LogP contribution is 2.27. The summed E-state index contributed by atoms with van der Waals surface area (Å²) in [5, 5.41) is 8.17. The Morgan fingerprint density at radius 1 is 1.06 bits per heavy atom. The second-order valence-electron chi connectivity index (χ2n) is 7.02. The third kappa shape index (κ3) is 4.40. The molecular formula is C21H17Cl2N5O3S. The second-order valence-corrected chi connectivity index (χ2v) is 9.51. The molecule has 0 unspecified atom stereocenters. The van der Waals surface area contributed by atoms with E-state index in [9.17, 15) is 13.2 Å². The molecule has 4 aromatic rings. The number of rotatable bonds is 5. The Morgan fingerprint density at radius 2 is 1.84 bits per heavy atom. The lowest BCUT2D eigenvalue weighted by Crippen LogP contribution is -2.15. The van der Waals surface area contributed by atoms with Crippen LogP contribution in [0.2, 0.25) is 10.0 Å². The summed E-state index contributed by atoms with van der Waals surface area (Å²) in [7, 11) is -2.22. The minimum Gasteiger partial charge on any atom is -0.321 e. The average molecular weight is 490 g/mol. The fourth-order valence-electron chi connectivity index (χ4n) is 3.20. The number of anilines is 2. The van der Waals surface area contributed by atoms with E-state index in [0.717, 1.165) is 11.1 Å². The minimum absolute atomic E-state index is 0.0318. The van der Waals surface area contributed by atoms with Crippen LogP contribution >= 0.6 is 23.2 Å². The van der Waals surface area contributed by atoms with Crippen molar-refractivity contribution in [2.24, 2.45) is 7.05 Å². The number of carbonyl (C=O) groups excluding carboxylic acids is 1. The zero-order valence-corrected chi connectivity index (χ0v) is 19.3. The average Bonchev–Trinajstić information content (AvgIpc) is 3.02. The van der Waals surface area contributed by atoms with E-state index in [2.05, 4.69) is 20.1 Å². The number of aryl methyl sites for hydroxylation is 2. The first-order chi connectivity index (χ1) is 15.1. The van der Waals surface area contributed by atoms with Gasteiger partial charge in [0.2, 0.25) is 0 Å². The molecule has 0 aliphatic carbocycles. The van der Waals surface area contributed by atoms with Gasteiger partial charge in [0.1, 0.15) is 4.90 Å². The first-order valence-electron chi connectivity index (χ1n) is 9.33. The summed E-state index contributed by atoms with van der Waals surface area (Å²) in [5.74, 6) is -0.422. The number of hydrogen-bond donors (Lipinski definition) is 2. The van der Waals surface area contributed by atoms with Crippen molar-refractivity contribution in [2.75, 3.05) is 10.0 Å². The normalized spacial score (nSPS) is 11.5. The first-order valence-corrected chi connectivity index (χ1v) is 11.6. The molecule has 11 heteroatoms. The number of halogens is 2. The van der Waals surface area contributed by atoms with Crippen LogP contribution in [-0.4, -0.2) is 29.1 Å². The number of nitrogens with one attached hydrogen (secondary N) is 2. The number of nitrogens with zero attached hydrogens (tertiary/aromatic N) is 3. The van der Waals surface area contributed by atoms with E-state index in [-0.39, 0.29) is 26.2 Å². The van der Waals surface area contributed by atoms with Crippen LogP contribution in [0.25, 0.3) is 11.0 Å². The maximum absolute atomic E-state index is 12.8. The molecule has 2 heterocycles. The molecule has 2 N–H and O–H groups in total. The van der Waals surface area contributed by atoms with Crippen molar-refractivity contribution in [1.29, 1.82) is 0 Å². The monoisotopic (exact) mass is 489 g/mol. The molecule has 0 bridgehead atoms. The maximum atomic E-state index is 12.8. The smallest absolute Gasteiger partial charge is 0.263 e. The van der Waals surface area contributed by atoms with Crippen LogP contribution in [0.5, 0.6) is 0 Å². The standard InChI is InChI=1S/C21H17Cl2N5O3S/c1-12-17-10-16(11-24-20(17)28(2)26-12)25-21(29)13-4-3-5-15(8-13)27-32(30,31)19-9-14(22)6-7-18(19)23/h3-11,27H,1-2H3,(H,25,29). The SMILES string of the molecule is Cc1nn(C)c2ncc(NC(=O)c3cccc(NS(=O)(=O)c4cc(Cl)ccc4Cl)c3)cc12. The van der Waals surface area contributed by atoms with Gasteiger partial charge in [-0.2, -0.15) is 5.10 Å². The zero-order chi connectivity index (χ0) is 23.0. The molecule has 0 saturated heterocycles. The minimum atomic E-state index is -4.01. The van der Waals surface area contributed by atoms with Gasteiger partial charge in [-0.25, -0.2) is 13.4 Å². The van der Waals surface area contributed by atoms with E-state index in [1.165, 1.54) is 36.5 Å². The molecule has 0 aliphatic heterocycles. The number of amides is 1. The lowest BCUT2D eigenvalue weighted by molar-refractivity contribution is 0.102. The number of hydrogen-bond acceptors (Lipinski definition) is 5. The molecule has 32 heavy (non-hydrogen) atoms. The highest BCUT2D eigenvalue weighted by molar-refractivity contribution is 7.92. The lowest BCUT2D eigenvalue weighted by atomic mass is 10.2. The molecule has 1 amide bonds. The Morgan fingerprint density at radius 3 is 2.62 bits per heavy atom. The van der Waals surface area contributed by atoms with Crippen molar-refractivity contribution in [3.8, 4) is 0 Å². The van der Waals surface area contributed by atoms with Crippen LogP contribution in [0, 0.1) is 6.92 Å². The summed E-state index contributed by atoms with van der Waals surface area (Å²) in [6, 6.07) is 12.0. The maximum Gasteiger partial charge on any atom is 0.263 e. The molecule has 8 nitrogen and oxygen atoms in total. The van der Waals surface area contributed by atoms with Gasteiger partial charge in [-0.05, 0) is 49.4 Å². The van der Waals surface area contributed by atoms with Crippen molar-refractivity contribution in [3.05, 3.63) is 76.0 Å². The van der Waals surface area contributed by atoms with Crippen LogP contribution < -0.4 is 10.0 Å². The van der Waals surface area contributed by atoms with Crippen molar-refractivity contribution in [1.82, 2.24) is 14.8 Å². The van der Waals surface area contributed by atoms with E-state index < -0.39 is 15.9 Å². The van der Waals surface area contributed by atoms with Crippen LogP contribution in [0.3, 0.4) is 0 Å². The quantitative estimate of drug-likeness (QED) is 0.424. The fourth-order valence-corrected chi connectivity index (χ4v) is 5.01. The molecule has 0 spiro atoms. The highest BCUT2D eigenvalue weighted by Gasteiger charge is 2.19. The van der Waals surface area contributed by atoms with Crippen molar-refractivity contribution < 1.29 is 13.2 Å². The van der Waals surface area contributed by atoms with Crippen molar-refractivity contribution in [3.63, 3.8) is 0 Å². The van der Waals surface area contributed by atoms with E-state index in [1.54, 1.807) is 29.9 Å². The van der Waals surface area contributed by atoms with Gasteiger partial charge in [-0.1, -0.05) is 29.3 Å². The zero-order valence-electron chi connectivity index (χ0n) is 16.9. The topological polar surface area (TPSA) is 106 Å². The third-order valence-electron chi connectivity index (χ3n) is 4.68. The molecule has 0 fully saturated rings. The van der Waals surface area contributed by atoms with Gasteiger partial charge in [0.25, 0.3) is 15.9 Å². The summed E-state index contributed by atoms with van der Waals surface area (Å²) >= 11 is 11.9. The first kappa shape index (κ1) is 22.1. The molecule has 0 aliphatic rings. The van der Waals surface area contributed by atoms with Crippen LogP contribution in [0.15, 0.2) is 59.6 Å². The number of sulfonamides is 1. The predicted molar refractivity (Wildman–Crippen MR) is 125 cm³/mol. The van der Waals surface area contributed by atoms with E-state index in [0.29, 0.717) is 11.3 Å². The molecule has 2 aromatic carbocycles. The van der Waals surface area contributed by atoms with Crippen LogP contribution in [0.1, 0.15) is 16.1 Å². The van der Waals surface area contributed by atoms with Crippen molar-refractivity contribution in [2.45, 2.75) is 11.8 Å². The van der Waals surface area contributed by atoms with E-state index in [1.807, 2.05) is 6.92 Å². The Balaban J connectivity index is 1.57. The number of pyridine rings is 1. The van der Waals surface area contributed by atoms with E-state index >= 15 is 0 Å². The summed E-state index contributed by atoms with van der Waals surface area (Å²) in [4.78, 5) is 16.9. The highest BCUT2D eigenvalue weighted by atomic mass is 35.5. The fraction of sp³-hybridized carbons (Fsp3) is 0.0952. The van der Waals surface area contributed by atoms with Gasteiger partial charge in [0.05, 0.1) is 22.6 Å². The molecule has 0 saturated carbocycles. The van der Waals surface area contributed by atoms with Gasteiger partial charge in [-0.3, -0.25) is 14.2 Å². The summed E-state index contributed by atoms with van der Waals surface area (Å²) in [6.45, 7) is 1.86. The lowest BCUT2D eigenvalue weighted by Gasteiger charge is -2.11. The molecular weight excluding hydrogens is 473 g/mol. The molecule has 2 aromatic heterocycles. The summed E-state index contributed by atoms with van der Waals surface area (Å²) in [5.41, 5.74) is 2.45. The van der Waals surface area contributed by atoms with Gasteiger partial charge < -0.3 is 5.32 Å². The third-order valence-corrected chi connectivity index (χ3v) is 6.78. The number of aromatic nitrogens is 3. The van der Waals surface area contributed by atoms with E-state index in [4.69, 9.17) is 23.2 Å². The molecule has 4 rings (SSSR count). The number of fused-ring (bicyclic) bond motifs is 1. The molecule has 164 valence electrons. The largest absolute Gasteiger partial charge is 0.321 e. The Labute approximate surface area is 194 Å². The predicted octanol–water partition coefficient (Wildman–Crippen LogP) is 4.64. The van der Waals surface area contributed by atoms with Crippen LogP contribution in [-0.2, 0) is 17.1 Å². The Hall–Kier alpha value is -3.14. The van der Waals surface area contributed by atoms with Crippen molar-refractivity contribution >= 4 is 61.5 Å².